The molecule has 1 aliphatic rings. The Balaban J connectivity index is 2.13. The van der Waals surface area contributed by atoms with Crippen LogP contribution in [0.25, 0.3) is 0 Å². The largest absolute Gasteiger partial charge is 0.379 e. The predicted molar refractivity (Wildman–Crippen MR) is 89.5 cm³/mol. The van der Waals surface area contributed by atoms with Crippen LogP contribution in [0.1, 0.15) is 19.8 Å². The standard InChI is InChI=1S/C15H23N3O4S/c1-3-8-17-9-7-12(11-17)10-16-13-5-4-6-14(23(2,21)22)15(13)18(19)20/h4-6,12,16H,3,7-11H2,1-2H3. The maximum Gasteiger partial charge on any atom is 0.310 e. The van der Waals surface area contributed by atoms with Crippen molar-refractivity contribution in [3.05, 3.63) is 28.3 Å². The van der Waals surface area contributed by atoms with E-state index in [0.717, 1.165) is 38.7 Å². The minimum absolute atomic E-state index is 0.244. The Bertz CT molecular complexity index is 675. The van der Waals surface area contributed by atoms with E-state index in [-0.39, 0.29) is 16.3 Å². The minimum Gasteiger partial charge on any atom is -0.379 e. The van der Waals surface area contributed by atoms with Gasteiger partial charge in [0.2, 0.25) is 0 Å². The molecule has 0 aliphatic carbocycles. The normalized spacial score (nSPS) is 19.0. The molecule has 1 saturated heterocycles. The molecule has 1 unspecified atom stereocenters. The van der Waals surface area contributed by atoms with E-state index in [4.69, 9.17) is 0 Å². The van der Waals surface area contributed by atoms with Gasteiger partial charge in [0.25, 0.3) is 0 Å². The molecule has 1 N–H and O–H groups in total. The fourth-order valence-corrected chi connectivity index (χ4v) is 3.87. The number of sulfone groups is 1. The number of rotatable bonds is 7. The van der Waals surface area contributed by atoms with Crippen LogP contribution in [0.5, 0.6) is 0 Å². The Morgan fingerprint density at radius 1 is 1.43 bits per heavy atom. The average Bonchev–Trinajstić information content (AvgIpc) is 2.91. The van der Waals surface area contributed by atoms with Gasteiger partial charge in [-0.15, -0.1) is 0 Å². The van der Waals surface area contributed by atoms with Crippen molar-refractivity contribution in [3.8, 4) is 0 Å². The molecule has 0 saturated carbocycles. The van der Waals surface area contributed by atoms with Gasteiger partial charge in [-0.1, -0.05) is 13.0 Å². The Hall–Kier alpha value is -1.67. The summed E-state index contributed by atoms with van der Waals surface area (Å²) in [4.78, 5) is 12.8. The quantitative estimate of drug-likeness (QED) is 0.603. The zero-order valence-electron chi connectivity index (χ0n) is 13.5. The van der Waals surface area contributed by atoms with E-state index in [1.807, 2.05) is 0 Å². The van der Waals surface area contributed by atoms with Crippen LogP contribution >= 0.6 is 0 Å². The van der Waals surface area contributed by atoms with E-state index in [1.54, 1.807) is 6.07 Å². The molecular formula is C15H23N3O4S. The summed E-state index contributed by atoms with van der Waals surface area (Å²) in [6.45, 7) is 5.84. The fourth-order valence-electron chi connectivity index (χ4n) is 3.01. The van der Waals surface area contributed by atoms with Crippen LogP contribution in [0.4, 0.5) is 11.4 Å². The first-order valence-electron chi connectivity index (χ1n) is 7.76. The summed E-state index contributed by atoms with van der Waals surface area (Å²) in [7, 11) is -3.64. The molecule has 0 amide bonds. The lowest BCUT2D eigenvalue weighted by Crippen LogP contribution is -2.23. The van der Waals surface area contributed by atoms with Crippen LogP contribution in [0, 0.1) is 16.0 Å². The number of hydrogen-bond acceptors (Lipinski definition) is 6. The van der Waals surface area contributed by atoms with Gasteiger partial charge in [-0.3, -0.25) is 10.1 Å². The third-order valence-corrected chi connectivity index (χ3v) is 5.20. The maximum atomic E-state index is 11.7. The van der Waals surface area contributed by atoms with E-state index in [0.29, 0.717) is 12.5 Å². The number of nitrogens with one attached hydrogen (secondary N) is 1. The molecule has 1 fully saturated rings. The number of nitro groups is 1. The molecule has 0 bridgehead atoms. The topological polar surface area (TPSA) is 92.6 Å². The lowest BCUT2D eigenvalue weighted by Gasteiger charge is -2.16. The van der Waals surface area contributed by atoms with Gasteiger partial charge in [-0.2, -0.15) is 0 Å². The van der Waals surface area contributed by atoms with Crippen molar-refractivity contribution < 1.29 is 13.3 Å². The second kappa shape index (κ2) is 7.27. The molecule has 7 nitrogen and oxygen atoms in total. The first-order chi connectivity index (χ1) is 10.8. The predicted octanol–water partition coefficient (Wildman–Crippen LogP) is 2.14. The monoisotopic (exact) mass is 341 g/mol. The molecule has 8 heteroatoms. The molecule has 0 aromatic heterocycles. The van der Waals surface area contributed by atoms with Crippen LogP contribution in [0.3, 0.4) is 0 Å². The molecular weight excluding hydrogens is 318 g/mol. The summed E-state index contributed by atoms with van der Waals surface area (Å²) < 4.78 is 23.5. The van der Waals surface area contributed by atoms with Crippen molar-refractivity contribution in [2.24, 2.45) is 5.92 Å². The van der Waals surface area contributed by atoms with Gasteiger partial charge in [0.1, 0.15) is 10.6 Å². The highest BCUT2D eigenvalue weighted by Crippen LogP contribution is 2.32. The van der Waals surface area contributed by atoms with Crippen molar-refractivity contribution in [1.29, 1.82) is 0 Å². The van der Waals surface area contributed by atoms with Gasteiger partial charge < -0.3 is 10.2 Å². The van der Waals surface area contributed by atoms with Gasteiger partial charge in [0.15, 0.2) is 9.84 Å². The van der Waals surface area contributed by atoms with Crippen molar-refractivity contribution in [3.63, 3.8) is 0 Å². The van der Waals surface area contributed by atoms with Crippen LogP contribution in [-0.4, -0.2) is 50.7 Å². The van der Waals surface area contributed by atoms with Crippen LogP contribution in [0.15, 0.2) is 23.1 Å². The smallest absolute Gasteiger partial charge is 0.310 e. The lowest BCUT2D eigenvalue weighted by molar-refractivity contribution is -0.386. The van der Waals surface area contributed by atoms with Crippen molar-refractivity contribution in [2.75, 3.05) is 37.8 Å². The molecule has 1 aliphatic heterocycles. The summed E-state index contributed by atoms with van der Waals surface area (Å²) in [5, 5.41) is 14.4. The van der Waals surface area contributed by atoms with E-state index in [2.05, 4.69) is 17.1 Å². The number of likely N-dealkylation sites (tertiary alicyclic amines) is 1. The van der Waals surface area contributed by atoms with Crippen LogP contribution in [-0.2, 0) is 9.84 Å². The van der Waals surface area contributed by atoms with E-state index in [9.17, 15) is 18.5 Å². The van der Waals surface area contributed by atoms with Gasteiger partial charge in [-0.25, -0.2) is 8.42 Å². The van der Waals surface area contributed by atoms with Crippen molar-refractivity contribution in [2.45, 2.75) is 24.7 Å². The number of nitro benzene ring substituents is 1. The third kappa shape index (κ3) is 4.42. The first kappa shape index (κ1) is 17.7. The van der Waals surface area contributed by atoms with Gasteiger partial charge in [0.05, 0.1) is 4.92 Å². The van der Waals surface area contributed by atoms with Gasteiger partial charge in [-0.05, 0) is 44.0 Å². The molecule has 1 atom stereocenters. The second-order valence-electron chi connectivity index (χ2n) is 6.02. The zero-order chi connectivity index (χ0) is 17.0. The number of hydrogen-bond donors (Lipinski definition) is 1. The van der Waals surface area contributed by atoms with Crippen molar-refractivity contribution in [1.82, 2.24) is 4.90 Å². The SMILES string of the molecule is CCCN1CCC(CNc2cccc(S(C)(=O)=O)c2[N+](=O)[O-])C1. The highest BCUT2D eigenvalue weighted by Gasteiger charge is 2.27. The molecule has 0 spiro atoms. The molecule has 0 radical (unpaired) electrons. The average molecular weight is 341 g/mol. The molecule has 128 valence electrons. The molecule has 23 heavy (non-hydrogen) atoms. The highest BCUT2D eigenvalue weighted by molar-refractivity contribution is 7.90. The summed E-state index contributed by atoms with van der Waals surface area (Å²) in [5.41, 5.74) is -0.0923. The number of nitrogens with zero attached hydrogens (tertiary/aromatic N) is 2. The van der Waals surface area contributed by atoms with Crippen LogP contribution in [0.2, 0.25) is 0 Å². The Labute approximate surface area is 136 Å². The fraction of sp³-hybridized carbons (Fsp3) is 0.600. The van der Waals surface area contributed by atoms with Gasteiger partial charge in [0, 0.05) is 19.3 Å². The van der Waals surface area contributed by atoms with E-state index in [1.165, 1.54) is 12.1 Å². The van der Waals surface area contributed by atoms with E-state index >= 15 is 0 Å². The Morgan fingerprint density at radius 3 is 2.78 bits per heavy atom. The summed E-state index contributed by atoms with van der Waals surface area (Å²) in [6, 6.07) is 4.37. The summed E-state index contributed by atoms with van der Waals surface area (Å²) in [5.74, 6) is 0.419. The summed E-state index contributed by atoms with van der Waals surface area (Å²) >= 11 is 0. The number of anilines is 1. The molecule has 2 rings (SSSR count). The lowest BCUT2D eigenvalue weighted by atomic mass is 10.1. The number of para-hydroxylation sites is 1. The molecule has 1 aromatic carbocycles. The second-order valence-corrected chi connectivity index (χ2v) is 8.00. The summed E-state index contributed by atoms with van der Waals surface area (Å²) in [6.07, 6.45) is 3.15. The number of benzene rings is 1. The third-order valence-electron chi connectivity index (χ3n) is 4.07. The molecule has 1 heterocycles. The van der Waals surface area contributed by atoms with Crippen molar-refractivity contribution >= 4 is 21.2 Å². The highest BCUT2D eigenvalue weighted by atomic mass is 32.2. The first-order valence-corrected chi connectivity index (χ1v) is 9.65. The van der Waals surface area contributed by atoms with E-state index < -0.39 is 14.8 Å². The minimum atomic E-state index is -3.64. The zero-order valence-corrected chi connectivity index (χ0v) is 14.3. The Kier molecular flexibility index (Phi) is 5.59. The maximum absolute atomic E-state index is 11.7. The Morgan fingerprint density at radius 2 is 2.17 bits per heavy atom. The van der Waals surface area contributed by atoms with Gasteiger partial charge >= 0.3 is 5.69 Å². The molecule has 1 aromatic rings. The van der Waals surface area contributed by atoms with Crippen LogP contribution < -0.4 is 5.32 Å².